The van der Waals surface area contributed by atoms with Crippen molar-refractivity contribution in [2.75, 3.05) is 30.5 Å². The van der Waals surface area contributed by atoms with Crippen LogP contribution >= 0.6 is 112 Å². The molecule has 37 heavy (non-hydrogen) atoms. The maximum Gasteiger partial charge on any atom is 0.147 e. The number of alkyl halides is 3. The van der Waals surface area contributed by atoms with Crippen LogP contribution in [0.2, 0.25) is 0 Å². The van der Waals surface area contributed by atoms with Gasteiger partial charge in [0.1, 0.15) is 30.8 Å². The Morgan fingerprint density at radius 1 is 0.676 bits per heavy atom. The van der Waals surface area contributed by atoms with Crippen LogP contribution in [-0.4, -0.2) is 41.4 Å². The van der Waals surface area contributed by atoms with Gasteiger partial charge in [0.15, 0.2) is 0 Å². The molecule has 0 aromatic heterocycles. The molecular weight excluding hydrogens is 932 g/mol. The monoisotopic (exact) mass is 958 g/mol. The fourth-order valence-electron chi connectivity index (χ4n) is 3.60. The van der Waals surface area contributed by atoms with Gasteiger partial charge in [-0.25, -0.2) is 0 Å². The molecule has 0 fully saturated rings. The van der Waals surface area contributed by atoms with Crippen molar-refractivity contribution in [2.45, 2.75) is 62.8 Å². The SMILES string of the molecule is CCCCCCCCOC(CBr)COc1c(Br)cc(Cc2cc(Br)c(OCC(Br)CBr)c(Br)c2)cc1Br. The number of hydrogen-bond acceptors (Lipinski definition) is 3. The van der Waals surface area contributed by atoms with Crippen molar-refractivity contribution in [1.29, 1.82) is 0 Å². The Balaban J connectivity index is 1.93. The smallest absolute Gasteiger partial charge is 0.147 e. The first-order valence-corrected chi connectivity index (χ1v) is 18.7. The standard InChI is InChI=1S/C27H33Br7O3/c1-2-3-4-5-6-7-8-35-21(15-29)17-37-27-24(33)12-19(13-25(27)34)9-18-10-22(31)26(23(32)11-18)36-16-20(30)14-28/h10-13,20-21H,2-9,14-17H2,1H3. The molecule has 2 atom stereocenters. The first-order valence-electron chi connectivity index (χ1n) is 12.4. The largest absolute Gasteiger partial charge is 0.490 e. The molecule has 0 spiro atoms. The molecule has 10 heteroatoms. The van der Waals surface area contributed by atoms with E-state index in [9.17, 15) is 0 Å². The highest BCUT2D eigenvalue weighted by Gasteiger charge is 2.16. The zero-order chi connectivity index (χ0) is 27.2. The fraction of sp³-hybridized carbons (Fsp3) is 0.556. The summed E-state index contributed by atoms with van der Waals surface area (Å²) in [5, 5.41) is 1.57. The molecule has 0 aliphatic heterocycles. The summed E-state index contributed by atoms with van der Waals surface area (Å²) in [6, 6.07) is 8.42. The van der Waals surface area contributed by atoms with Gasteiger partial charge in [0, 0.05) is 17.3 Å². The summed E-state index contributed by atoms with van der Waals surface area (Å²) in [6.07, 6.45) is 8.33. The molecule has 0 heterocycles. The highest BCUT2D eigenvalue weighted by molar-refractivity contribution is 9.12. The second-order valence-electron chi connectivity index (χ2n) is 8.74. The first kappa shape index (κ1) is 34.6. The van der Waals surface area contributed by atoms with Crippen molar-refractivity contribution in [1.82, 2.24) is 0 Å². The summed E-state index contributed by atoms with van der Waals surface area (Å²) in [7, 11) is 0. The van der Waals surface area contributed by atoms with Gasteiger partial charge in [-0.15, -0.1) is 0 Å². The molecule has 0 amide bonds. The minimum atomic E-state index is 0.0129. The summed E-state index contributed by atoms with van der Waals surface area (Å²) in [5.74, 6) is 1.60. The van der Waals surface area contributed by atoms with E-state index in [1.807, 2.05) is 0 Å². The molecule has 3 nitrogen and oxygen atoms in total. The van der Waals surface area contributed by atoms with E-state index >= 15 is 0 Å². The van der Waals surface area contributed by atoms with E-state index in [0.717, 1.165) is 70.6 Å². The first-order chi connectivity index (χ1) is 17.8. The second-order valence-corrected chi connectivity index (χ2v) is 14.7. The topological polar surface area (TPSA) is 27.7 Å². The molecule has 2 aromatic carbocycles. The summed E-state index contributed by atoms with van der Waals surface area (Å²) in [6.45, 7) is 4.08. The maximum atomic E-state index is 6.16. The molecule has 2 aromatic rings. The molecular formula is C27H33Br7O3. The summed E-state index contributed by atoms with van der Waals surface area (Å²) >= 11 is 25.3. The van der Waals surface area contributed by atoms with E-state index in [-0.39, 0.29) is 10.9 Å². The van der Waals surface area contributed by atoms with Gasteiger partial charge in [-0.1, -0.05) is 86.8 Å². The molecule has 2 unspecified atom stereocenters. The predicted molar refractivity (Wildman–Crippen MR) is 181 cm³/mol. The molecule has 208 valence electrons. The van der Waals surface area contributed by atoms with Crippen LogP contribution in [0, 0.1) is 0 Å². The third-order valence-electron chi connectivity index (χ3n) is 5.54. The van der Waals surface area contributed by atoms with Crippen LogP contribution in [0.3, 0.4) is 0 Å². The second kappa shape index (κ2) is 19.5. The Labute approximate surface area is 280 Å². The number of halogens is 7. The lowest BCUT2D eigenvalue weighted by atomic mass is 10.0. The van der Waals surface area contributed by atoms with Crippen molar-refractivity contribution in [3.05, 3.63) is 53.3 Å². The zero-order valence-corrected chi connectivity index (χ0v) is 31.9. The summed E-state index contributed by atoms with van der Waals surface area (Å²) < 4.78 is 21.8. The van der Waals surface area contributed by atoms with Gasteiger partial charge in [0.25, 0.3) is 0 Å². The lowest BCUT2D eigenvalue weighted by Crippen LogP contribution is -2.24. The molecule has 0 aliphatic rings. The van der Waals surface area contributed by atoms with E-state index in [1.165, 1.54) is 32.1 Å². The van der Waals surface area contributed by atoms with Gasteiger partial charge in [-0.3, -0.25) is 0 Å². The van der Waals surface area contributed by atoms with Crippen LogP contribution in [0.1, 0.15) is 56.6 Å². The van der Waals surface area contributed by atoms with Crippen molar-refractivity contribution < 1.29 is 14.2 Å². The molecule has 0 aliphatic carbocycles. The van der Waals surface area contributed by atoms with Gasteiger partial charge in [-0.2, -0.15) is 0 Å². The zero-order valence-electron chi connectivity index (χ0n) is 20.8. The number of hydrogen-bond donors (Lipinski definition) is 0. The van der Waals surface area contributed by atoms with Crippen LogP contribution in [0.5, 0.6) is 11.5 Å². The number of ether oxygens (including phenoxy) is 3. The number of unbranched alkanes of at least 4 members (excludes halogenated alkanes) is 5. The Morgan fingerprint density at radius 2 is 1.16 bits per heavy atom. The van der Waals surface area contributed by atoms with Crippen molar-refractivity contribution >= 4 is 112 Å². The molecule has 0 radical (unpaired) electrons. The quantitative estimate of drug-likeness (QED) is 0.110. The molecule has 2 rings (SSSR count). The van der Waals surface area contributed by atoms with Gasteiger partial charge in [-0.05, 0) is 112 Å². The van der Waals surface area contributed by atoms with Crippen molar-refractivity contribution in [2.24, 2.45) is 0 Å². The van der Waals surface area contributed by atoms with E-state index in [4.69, 9.17) is 14.2 Å². The molecule has 0 saturated heterocycles. The Kier molecular flexibility index (Phi) is 18.2. The van der Waals surface area contributed by atoms with Gasteiger partial charge in [0.2, 0.25) is 0 Å². The number of rotatable bonds is 18. The fourth-order valence-corrected chi connectivity index (χ4v) is 7.32. The van der Waals surface area contributed by atoms with Crippen LogP contribution in [0.15, 0.2) is 42.2 Å². The van der Waals surface area contributed by atoms with Gasteiger partial charge < -0.3 is 14.2 Å². The minimum Gasteiger partial charge on any atom is -0.490 e. The highest BCUT2D eigenvalue weighted by Crippen LogP contribution is 2.38. The number of benzene rings is 2. The van der Waals surface area contributed by atoms with E-state index in [0.29, 0.717) is 13.2 Å². The highest BCUT2D eigenvalue weighted by atomic mass is 79.9. The Hall–Kier alpha value is 1.36. The van der Waals surface area contributed by atoms with Gasteiger partial charge >= 0.3 is 0 Å². The maximum absolute atomic E-state index is 6.16. The summed E-state index contributed by atoms with van der Waals surface area (Å²) in [5.41, 5.74) is 2.33. The summed E-state index contributed by atoms with van der Waals surface area (Å²) in [4.78, 5) is 0.248. The normalized spacial score (nSPS) is 13.0. The molecule has 0 N–H and O–H groups in total. The Morgan fingerprint density at radius 3 is 1.65 bits per heavy atom. The van der Waals surface area contributed by atoms with Gasteiger partial charge in [0.05, 0.1) is 22.7 Å². The van der Waals surface area contributed by atoms with Crippen molar-refractivity contribution in [3.63, 3.8) is 0 Å². The Bertz CT molecular complexity index is 912. The lowest BCUT2D eigenvalue weighted by Gasteiger charge is -2.18. The van der Waals surface area contributed by atoms with Crippen LogP contribution in [0.25, 0.3) is 0 Å². The van der Waals surface area contributed by atoms with E-state index in [1.54, 1.807) is 0 Å². The minimum absolute atomic E-state index is 0.0129. The average Bonchev–Trinajstić information content (AvgIpc) is 2.85. The van der Waals surface area contributed by atoms with E-state index in [2.05, 4.69) is 143 Å². The van der Waals surface area contributed by atoms with Crippen LogP contribution in [-0.2, 0) is 11.2 Å². The third kappa shape index (κ3) is 12.8. The van der Waals surface area contributed by atoms with E-state index < -0.39 is 0 Å². The van der Waals surface area contributed by atoms with Crippen LogP contribution < -0.4 is 9.47 Å². The van der Waals surface area contributed by atoms with Crippen LogP contribution in [0.4, 0.5) is 0 Å². The predicted octanol–water partition coefficient (Wildman–Crippen LogP) is 11.4. The molecule has 0 saturated carbocycles. The lowest BCUT2D eigenvalue weighted by molar-refractivity contribution is 0.0335. The molecule has 0 bridgehead atoms. The third-order valence-corrected chi connectivity index (χ3v) is 10.9. The van der Waals surface area contributed by atoms with Crippen molar-refractivity contribution in [3.8, 4) is 11.5 Å². The average molecular weight is 965 g/mol.